The lowest BCUT2D eigenvalue weighted by molar-refractivity contribution is -0.126. The van der Waals surface area contributed by atoms with Crippen molar-refractivity contribution in [1.29, 1.82) is 0 Å². The maximum atomic E-state index is 12.5. The van der Waals surface area contributed by atoms with E-state index in [0.29, 0.717) is 0 Å². The Bertz CT molecular complexity index is 478. The molecule has 1 amide bonds. The van der Waals surface area contributed by atoms with Crippen LogP contribution in [0.3, 0.4) is 0 Å². The van der Waals surface area contributed by atoms with Gasteiger partial charge in [0.15, 0.2) is 0 Å². The number of hydrogen-bond acceptors (Lipinski definition) is 2. The van der Waals surface area contributed by atoms with E-state index in [9.17, 15) is 4.79 Å². The van der Waals surface area contributed by atoms with Crippen molar-refractivity contribution in [3.05, 3.63) is 34.3 Å². The molecule has 0 spiro atoms. The predicted octanol–water partition coefficient (Wildman–Crippen LogP) is 3.40. The number of halogens is 1. The monoisotopic (exact) mass is 352 g/mol. The molecule has 4 heteroatoms. The van der Waals surface area contributed by atoms with Gasteiger partial charge in [0.05, 0.1) is 0 Å². The summed E-state index contributed by atoms with van der Waals surface area (Å²) < 4.78 is 1.06. The summed E-state index contributed by atoms with van der Waals surface area (Å²) in [5, 5.41) is 3.20. The van der Waals surface area contributed by atoms with E-state index in [0.717, 1.165) is 43.0 Å². The van der Waals surface area contributed by atoms with Gasteiger partial charge in [0.25, 0.3) is 0 Å². The predicted molar refractivity (Wildman–Crippen MR) is 90.0 cm³/mol. The Morgan fingerprint density at radius 3 is 2.95 bits per heavy atom. The highest BCUT2D eigenvalue weighted by Gasteiger charge is 2.24. The van der Waals surface area contributed by atoms with Crippen molar-refractivity contribution >= 4 is 21.8 Å². The molecule has 1 aliphatic carbocycles. The van der Waals surface area contributed by atoms with Crippen LogP contribution in [0.4, 0.5) is 0 Å². The van der Waals surface area contributed by atoms with Crippen molar-refractivity contribution in [2.75, 3.05) is 0 Å². The van der Waals surface area contributed by atoms with Crippen LogP contribution in [0.25, 0.3) is 0 Å². The Labute approximate surface area is 135 Å². The summed E-state index contributed by atoms with van der Waals surface area (Å²) in [6, 6.07) is 8.70. The summed E-state index contributed by atoms with van der Waals surface area (Å²) in [5.74, 6) is 0.217. The molecule has 1 fully saturated rings. The van der Waals surface area contributed by atoms with Gasteiger partial charge in [-0.1, -0.05) is 35.0 Å². The van der Waals surface area contributed by atoms with Gasteiger partial charge < -0.3 is 11.1 Å². The second-order valence-corrected chi connectivity index (χ2v) is 6.99. The molecule has 1 aromatic rings. The second kappa shape index (κ2) is 7.95. The molecule has 0 bridgehead atoms. The molecule has 0 heterocycles. The number of nitrogens with one attached hydrogen (secondary N) is 1. The summed E-state index contributed by atoms with van der Waals surface area (Å²) in [4.78, 5) is 12.5. The molecular formula is C17H25BrN2O. The van der Waals surface area contributed by atoms with Crippen molar-refractivity contribution < 1.29 is 4.79 Å². The average Bonchev–Trinajstić information content (AvgIpc) is 2.44. The first kappa shape index (κ1) is 16.5. The molecule has 3 nitrogen and oxygen atoms in total. The Morgan fingerprint density at radius 1 is 1.48 bits per heavy atom. The zero-order chi connectivity index (χ0) is 15.2. The van der Waals surface area contributed by atoms with Crippen molar-refractivity contribution in [2.24, 2.45) is 11.7 Å². The molecule has 116 valence electrons. The quantitative estimate of drug-likeness (QED) is 0.852. The van der Waals surface area contributed by atoms with Crippen LogP contribution in [-0.4, -0.2) is 18.0 Å². The molecule has 1 aromatic carbocycles. The fourth-order valence-corrected chi connectivity index (χ4v) is 3.50. The zero-order valence-electron chi connectivity index (χ0n) is 12.6. The van der Waals surface area contributed by atoms with Gasteiger partial charge in [0.2, 0.25) is 5.91 Å². The van der Waals surface area contributed by atoms with Crippen LogP contribution in [0.5, 0.6) is 0 Å². The van der Waals surface area contributed by atoms with E-state index in [1.54, 1.807) is 0 Å². The van der Waals surface area contributed by atoms with Gasteiger partial charge in [-0.2, -0.15) is 0 Å². The largest absolute Gasteiger partial charge is 0.353 e. The lowest BCUT2D eigenvalue weighted by atomic mass is 9.90. The Hall–Kier alpha value is -0.870. The molecule has 21 heavy (non-hydrogen) atoms. The minimum atomic E-state index is 0.0393. The van der Waals surface area contributed by atoms with Gasteiger partial charge in [0, 0.05) is 22.5 Å². The molecule has 3 atom stereocenters. The van der Waals surface area contributed by atoms with Crippen LogP contribution >= 0.6 is 15.9 Å². The lowest BCUT2D eigenvalue weighted by Crippen LogP contribution is -2.44. The standard InChI is InChI=1S/C17H25BrN2O/c1-2-13(9-12-5-3-6-14(18)10-12)17(21)20-16-8-4-7-15(19)11-16/h3,5-6,10,13,15-16H,2,4,7-9,11,19H2,1H3,(H,20,21). The normalized spacial score (nSPS) is 23.6. The summed E-state index contributed by atoms with van der Waals surface area (Å²) in [7, 11) is 0. The topological polar surface area (TPSA) is 55.1 Å². The lowest BCUT2D eigenvalue weighted by Gasteiger charge is -2.28. The molecule has 0 aromatic heterocycles. The van der Waals surface area contributed by atoms with Gasteiger partial charge in [-0.05, 0) is 56.2 Å². The first-order valence-corrected chi connectivity index (χ1v) is 8.68. The summed E-state index contributed by atoms with van der Waals surface area (Å²) in [6.07, 6.45) is 5.83. The van der Waals surface area contributed by atoms with Crippen LogP contribution in [0, 0.1) is 5.92 Å². The highest BCUT2D eigenvalue weighted by atomic mass is 79.9. The molecule has 3 unspecified atom stereocenters. The number of carbonyl (C=O) groups is 1. The average molecular weight is 353 g/mol. The van der Waals surface area contributed by atoms with E-state index in [1.807, 2.05) is 12.1 Å². The van der Waals surface area contributed by atoms with Crippen molar-refractivity contribution in [2.45, 2.75) is 57.5 Å². The van der Waals surface area contributed by atoms with Crippen LogP contribution in [-0.2, 0) is 11.2 Å². The second-order valence-electron chi connectivity index (χ2n) is 6.07. The number of benzene rings is 1. The summed E-state index contributed by atoms with van der Waals surface area (Å²) in [5.41, 5.74) is 7.19. The fourth-order valence-electron chi connectivity index (χ4n) is 3.05. The zero-order valence-corrected chi connectivity index (χ0v) is 14.2. The molecule has 0 aliphatic heterocycles. The first-order valence-electron chi connectivity index (χ1n) is 7.89. The van der Waals surface area contributed by atoms with E-state index in [2.05, 4.69) is 40.3 Å². The molecule has 0 saturated heterocycles. The van der Waals surface area contributed by atoms with Crippen LogP contribution in [0.1, 0.15) is 44.6 Å². The minimum Gasteiger partial charge on any atom is -0.353 e. The maximum absolute atomic E-state index is 12.5. The van der Waals surface area contributed by atoms with E-state index in [4.69, 9.17) is 5.73 Å². The van der Waals surface area contributed by atoms with Gasteiger partial charge in [-0.25, -0.2) is 0 Å². The highest BCUT2D eigenvalue weighted by molar-refractivity contribution is 9.10. The van der Waals surface area contributed by atoms with E-state index >= 15 is 0 Å². The Kier molecular flexibility index (Phi) is 6.24. The minimum absolute atomic E-state index is 0.0393. The molecular weight excluding hydrogens is 328 g/mol. The number of carbonyl (C=O) groups excluding carboxylic acids is 1. The van der Waals surface area contributed by atoms with Crippen LogP contribution in [0.15, 0.2) is 28.7 Å². The number of amides is 1. The highest BCUT2D eigenvalue weighted by Crippen LogP contribution is 2.20. The van der Waals surface area contributed by atoms with Gasteiger partial charge in [0.1, 0.15) is 0 Å². The maximum Gasteiger partial charge on any atom is 0.223 e. The number of nitrogens with two attached hydrogens (primary N) is 1. The van der Waals surface area contributed by atoms with Crippen molar-refractivity contribution in [3.63, 3.8) is 0 Å². The summed E-state index contributed by atoms with van der Waals surface area (Å²) in [6.45, 7) is 2.08. The SMILES string of the molecule is CCC(Cc1cccc(Br)c1)C(=O)NC1CCCC(N)C1. The van der Waals surface area contributed by atoms with Gasteiger partial charge in [-0.15, -0.1) is 0 Å². The van der Waals surface area contributed by atoms with Crippen LogP contribution < -0.4 is 11.1 Å². The Balaban J connectivity index is 1.92. The third-order valence-corrected chi connectivity index (χ3v) is 4.79. The summed E-state index contributed by atoms with van der Waals surface area (Å²) >= 11 is 3.48. The van der Waals surface area contributed by atoms with E-state index < -0.39 is 0 Å². The van der Waals surface area contributed by atoms with E-state index in [-0.39, 0.29) is 23.9 Å². The van der Waals surface area contributed by atoms with Crippen molar-refractivity contribution in [1.82, 2.24) is 5.32 Å². The molecule has 3 N–H and O–H groups in total. The third-order valence-electron chi connectivity index (χ3n) is 4.30. The first-order chi connectivity index (χ1) is 10.1. The number of rotatable bonds is 5. The van der Waals surface area contributed by atoms with E-state index in [1.165, 1.54) is 5.56 Å². The third kappa shape index (κ3) is 5.11. The molecule has 1 saturated carbocycles. The fraction of sp³-hybridized carbons (Fsp3) is 0.588. The molecule has 1 aliphatic rings. The van der Waals surface area contributed by atoms with Crippen LogP contribution in [0.2, 0.25) is 0 Å². The van der Waals surface area contributed by atoms with Gasteiger partial charge >= 0.3 is 0 Å². The molecule has 2 rings (SSSR count). The number of hydrogen-bond donors (Lipinski definition) is 2. The molecule has 0 radical (unpaired) electrons. The Morgan fingerprint density at radius 2 is 2.29 bits per heavy atom. The van der Waals surface area contributed by atoms with Gasteiger partial charge in [-0.3, -0.25) is 4.79 Å². The smallest absolute Gasteiger partial charge is 0.223 e. The van der Waals surface area contributed by atoms with Crippen molar-refractivity contribution in [3.8, 4) is 0 Å².